The third kappa shape index (κ3) is 3.25. The lowest BCUT2D eigenvalue weighted by molar-refractivity contribution is 0.612. The highest BCUT2D eigenvalue weighted by Crippen LogP contribution is 2.25. The Morgan fingerprint density at radius 3 is 2.83 bits per heavy atom. The number of hydrogen-bond donors (Lipinski definition) is 1. The summed E-state index contributed by atoms with van der Waals surface area (Å²) in [6, 6.07) is 10.3. The lowest BCUT2D eigenvalue weighted by Crippen LogP contribution is -2.08. The summed E-state index contributed by atoms with van der Waals surface area (Å²) in [6.07, 6.45) is 7.29. The summed E-state index contributed by atoms with van der Waals surface area (Å²) in [5.41, 5.74) is 4.30. The van der Waals surface area contributed by atoms with Crippen molar-refractivity contribution < 1.29 is 0 Å². The number of rotatable bonds is 5. The van der Waals surface area contributed by atoms with Crippen LogP contribution in [0.3, 0.4) is 0 Å². The standard InChI is InChI=1S/C21H19ClN8/c1-13(2)29-12-25-18-19(26-21(22)27-20(18)29)24-9-14-5-3-4-6-17(14)30-11-15-7-8-23-10-16(15)28-30/h3-8,10-13H,9H2,1-2H3,(H,24,26,27). The summed E-state index contributed by atoms with van der Waals surface area (Å²) >= 11 is 6.19. The molecule has 30 heavy (non-hydrogen) atoms. The van der Waals surface area contributed by atoms with Gasteiger partial charge in [0.15, 0.2) is 17.0 Å². The van der Waals surface area contributed by atoms with Gasteiger partial charge in [-0.2, -0.15) is 15.1 Å². The molecule has 0 bridgehead atoms. The largest absolute Gasteiger partial charge is 0.364 e. The van der Waals surface area contributed by atoms with Crippen LogP contribution in [0.5, 0.6) is 0 Å². The van der Waals surface area contributed by atoms with E-state index in [1.807, 2.05) is 39.7 Å². The highest BCUT2D eigenvalue weighted by atomic mass is 35.5. The van der Waals surface area contributed by atoms with E-state index in [4.69, 9.17) is 11.6 Å². The fourth-order valence-corrected chi connectivity index (χ4v) is 3.61. The predicted molar refractivity (Wildman–Crippen MR) is 117 cm³/mol. The van der Waals surface area contributed by atoms with E-state index >= 15 is 0 Å². The fourth-order valence-electron chi connectivity index (χ4n) is 3.44. The molecular formula is C21H19ClN8. The molecule has 4 heterocycles. The van der Waals surface area contributed by atoms with Crippen molar-refractivity contribution in [2.45, 2.75) is 26.4 Å². The first-order chi connectivity index (χ1) is 14.6. The Morgan fingerprint density at radius 2 is 2.00 bits per heavy atom. The maximum atomic E-state index is 6.19. The molecule has 0 saturated heterocycles. The average molecular weight is 419 g/mol. The van der Waals surface area contributed by atoms with E-state index in [1.54, 1.807) is 18.7 Å². The number of anilines is 1. The summed E-state index contributed by atoms with van der Waals surface area (Å²) < 4.78 is 3.85. The second kappa shape index (κ2) is 7.38. The third-order valence-corrected chi connectivity index (χ3v) is 5.11. The molecule has 0 amide bonds. The van der Waals surface area contributed by atoms with Crippen molar-refractivity contribution in [1.29, 1.82) is 0 Å². The number of para-hydroxylation sites is 1. The topological polar surface area (TPSA) is 86.3 Å². The van der Waals surface area contributed by atoms with Crippen LogP contribution in [0, 0.1) is 0 Å². The molecule has 0 aliphatic rings. The number of imidazole rings is 1. The highest BCUT2D eigenvalue weighted by molar-refractivity contribution is 6.28. The van der Waals surface area contributed by atoms with E-state index in [0.29, 0.717) is 23.5 Å². The van der Waals surface area contributed by atoms with Crippen LogP contribution in [0.4, 0.5) is 5.82 Å². The first kappa shape index (κ1) is 18.5. The van der Waals surface area contributed by atoms with Gasteiger partial charge in [-0.05, 0) is 43.1 Å². The van der Waals surface area contributed by atoms with Gasteiger partial charge in [-0.25, -0.2) is 9.67 Å². The molecule has 0 fully saturated rings. The number of benzene rings is 1. The maximum Gasteiger partial charge on any atom is 0.226 e. The van der Waals surface area contributed by atoms with E-state index in [0.717, 1.165) is 22.2 Å². The molecule has 9 heteroatoms. The number of hydrogen-bond acceptors (Lipinski definition) is 6. The molecule has 150 valence electrons. The lowest BCUT2D eigenvalue weighted by atomic mass is 10.1. The van der Waals surface area contributed by atoms with Crippen molar-refractivity contribution in [3.8, 4) is 5.69 Å². The number of aromatic nitrogens is 7. The van der Waals surface area contributed by atoms with Crippen LogP contribution in [-0.4, -0.2) is 34.3 Å². The van der Waals surface area contributed by atoms with Crippen LogP contribution in [0.1, 0.15) is 25.5 Å². The van der Waals surface area contributed by atoms with Crippen molar-refractivity contribution in [1.82, 2.24) is 34.3 Å². The van der Waals surface area contributed by atoms with Gasteiger partial charge in [0.2, 0.25) is 5.28 Å². The molecule has 4 aromatic heterocycles. The zero-order chi connectivity index (χ0) is 20.7. The van der Waals surface area contributed by atoms with Crippen molar-refractivity contribution >= 4 is 39.5 Å². The van der Waals surface area contributed by atoms with E-state index in [-0.39, 0.29) is 11.3 Å². The van der Waals surface area contributed by atoms with Crippen LogP contribution in [0.2, 0.25) is 5.28 Å². The molecule has 0 atom stereocenters. The fraction of sp³-hybridized carbons (Fsp3) is 0.190. The van der Waals surface area contributed by atoms with Gasteiger partial charge in [0, 0.05) is 30.4 Å². The van der Waals surface area contributed by atoms with E-state index in [9.17, 15) is 0 Å². The van der Waals surface area contributed by atoms with Crippen molar-refractivity contribution in [2.24, 2.45) is 0 Å². The number of fused-ring (bicyclic) bond motifs is 2. The number of nitrogens with zero attached hydrogens (tertiary/aromatic N) is 7. The van der Waals surface area contributed by atoms with E-state index in [2.05, 4.69) is 50.3 Å². The molecule has 0 aliphatic heterocycles. The summed E-state index contributed by atoms with van der Waals surface area (Å²) in [4.78, 5) is 17.4. The minimum Gasteiger partial charge on any atom is -0.364 e. The van der Waals surface area contributed by atoms with Crippen molar-refractivity contribution in [3.05, 3.63) is 66.1 Å². The Morgan fingerprint density at radius 1 is 1.13 bits per heavy atom. The molecule has 0 saturated carbocycles. The lowest BCUT2D eigenvalue weighted by Gasteiger charge is -2.12. The SMILES string of the molecule is CC(C)n1cnc2c(NCc3ccccc3-n3cc4ccncc4n3)nc(Cl)nc21. The first-order valence-corrected chi connectivity index (χ1v) is 9.99. The van der Waals surface area contributed by atoms with Crippen molar-refractivity contribution in [2.75, 3.05) is 5.32 Å². The zero-order valence-corrected chi connectivity index (χ0v) is 17.2. The summed E-state index contributed by atoms with van der Waals surface area (Å²) in [5, 5.41) is 9.25. The average Bonchev–Trinajstić information content (AvgIpc) is 3.36. The molecule has 0 spiro atoms. The maximum absolute atomic E-state index is 6.19. The Labute approximate surface area is 177 Å². The number of pyridine rings is 1. The molecule has 5 aromatic rings. The first-order valence-electron chi connectivity index (χ1n) is 9.62. The van der Waals surface area contributed by atoms with Crippen molar-refractivity contribution in [3.63, 3.8) is 0 Å². The number of halogens is 1. The van der Waals surface area contributed by atoms with Crippen LogP contribution in [-0.2, 0) is 6.54 Å². The van der Waals surface area contributed by atoms with Gasteiger partial charge >= 0.3 is 0 Å². The Kier molecular flexibility index (Phi) is 4.55. The molecule has 5 rings (SSSR count). The quantitative estimate of drug-likeness (QED) is 0.425. The normalized spacial score (nSPS) is 11.6. The zero-order valence-electron chi connectivity index (χ0n) is 16.5. The van der Waals surface area contributed by atoms with E-state index < -0.39 is 0 Å². The van der Waals surface area contributed by atoms with Crippen LogP contribution in [0.25, 0.3) is 27.8 Å². The summed E-state index contributed by atoms with van der Waals surface area (Å²) in [7, 11) is 0. The molecular weight excluding hydrogens is 400 g/mol. The smallest absolute Gasteiger partial charge is 0.226 e. The molecule has 0 radical (unpaired) electrons. The molecule has 0 aliphatic carbocycles. The molecule has 1 N–H and O–H groups in total. The molecule has 1 aromatic carbocycles. The van der Waals surface area contributed by atoms with Gasteiger partial charge in [-0.1, -0.05) is 18.2 Å². The third-order valence-electron chi connectivity index (χ3n) is 4.94. The van der Waals surface area contributed by atoms with Gasteiger partial charge in [-0.15, -0.1) is 0 Å². The Bertz CT molecular complexity index is 1320. The van der Waals surface area contributed by atoms with Crippen LogP contribution < -0.4 is 5.32 Å². The van der Waals surface area contributed by atoms with Gasteiger partial charge in [-0.3, -0.25) is 4.98 Å². The van der Waals surface area contributed by atoms with Gasteiger partial charge in [0.1, 0.15) is 5.52 Å². The highest BCUT2D eigenvalue weighted by Gasteiger charge is 2.15. The van der Waals surface area contributed by atoms with Gasteiger partial charge in [0.05, 0.1) is 18.2 Å². The van der Waals surface area contributed by atoms with Gasteiger partial charge in [0.25, 0.3) is 0 Å². The minimum absolute atomic E-state index is 0.187. The number of nitrogens with one attached hydrogen (secondary N) is 1. The summed E-state index contributed by atoms with van der Waals surface area (Å²) in [6.45, 7) is 4.68. The van der Waals surface area contributed by atoms with Crippen LogP contribution in [0.15, 0.2) is 55.2 Å². The van der Waals surface area contributed by atoms with Crippen LogP contribution >= 0.6 is 11.6 Å². The Hall–Kier alpha value is -3.52. The molecule has 0 unspecified atom stereocenters. The van der Waals surface area contributed by atoms with E-state index in [1.165, 1.54) is 0 Å². The Balaban J connectivity index is 1.49. The predicted octanol–water partition coefficient (Wildman–Crippen LogP) is 4.41. The second-order valence-electron chi connectivity index (χ2n) is 7.25. The summed E-state index contributed by atoms with van der Waals surface area (Å²) in [5.74, 6) is 0.606. The van der Waals surface area contributed by atoms with Gasteiger partial charge < -0.3 is 9.88 Å². The minimum atomic E-state index is 0.187. The molecule has 8 nitrogen and oxygen atoms in total. The second-order valence-corrected chi connectivity index (χ2v) is 7.59. The monoisotopic (exact) mass is 418 g/mol.